The van der Waals surface area contributed by atoms with Crippen molar-refractivity contribution in [2.45, 2.75) is 0 Å². The molecule has 0 spiro atoms. The van der Waals surface area contributed by atoms with Gasteiger partial charge in [0.05, 0.1) is 0 Å². The summed E-state index contributed by atoms with van der Waals surface area (Å²) < 4.78 is 0. The van der Waals surface area contributed by atoms with Crippen LogP contribution in [0, 0.1) is 0 Å². The molecule has 0 fully saturated rings. The van der Waals surface area contributed by atoms with E-state index in [1.54, 1.807) is 6.20 Å². The van der Waals surface area contributed by atoms with Gasteiger partial charge in [-0.25, -0.2) is 15.0 Å². The van der Waals surface area contributed by atoms with Crippen molar-refractivity contribution in [3.63, 3.8) is 0 Å². The fraction of sp³-hybridized carbons (Fsp3) is 0. The molecule has 0 saturated heterocycles. The fourth-order valence-corrected chi connectivity index (χ4v) is 8.36. The van der Waals surface area contributed by atoms with Gasteiger partial charge >= 0.3 is 0 Å². The molecule has 11 rings (SSSR count). The maximum atomic E-state index is 5.22. The first kappa shape index (κ1) is 35.1. The van der Waals surface area contributed by atoms with E-state index in [4.69, 9.17) is 15.0 Å². The van der Waals surface area contributed by atoms with Crippen LogP contribution in [-0.4, -0.2) is 19.9 Å². The molecule has 2 aromatic heterocycles. The number of benzene rings is 9. The third kappa shape index (κ3) is 6.56. The lowest BCUT2D eigenvalue weighted by atomic mass is 9.90. The van der Waals surface area contributed by atoms with Crippen LogP contribution in [0.4, 0.5) is 0 Å². The van der Waals surface area contributed by atoms with Gasteiger partial charge in [0.1, 0.15) is 0 Å². The van der Waals surface area contributed by atoms with Gasteiger partial charge in [-0.3, -0.25) is 4.98 Å². The molecule has 0 radical (unpaired) electrons. The molecule has 60 heavy (non-hydrogen) atoms. The maximum Gasteiger partial charge on any atom is 0.164 e. The summed E-state index contributed by atoms with van der Waals surface area (Å²) in [7, 11) is 0. The molecular weight excluding hydrogens is 729 g/mol. The fourth-order valence-electron chi connectivity index (χ4n) is 8.36. The van der Waals surface area contributed by atoms with Crippen LogP contribution >= 0.6 is 0 Å². The van der Waals surface area contributed by atoms with Crippen LogP contribution in [0.15, 0.2) is 219 Å². The van der Waals surface area contributed by atoms with Crippen molar-refractivity contribution in [2.24, 2.45) is 0 Å². The largest absolute Gasteiger partial charge is 0.264 e. The van der Waals surface area contributed by atoms with Crippen LogP contribution < -0.4 is 0 Å². The van der Waals surface area contributed by atoms with Crippen molar-refractivity contribution < 1.29 is 0 Å². The lowest BCUT2D eigenvalue weighted by Crippen LogP contribution is -2.00. The Labute approximate surface area is 348 Å². The number of rotatable bonds is 7. The van der Waals surface area contributed by atoms with Gasteiger partial charge in [-0.05, 0) is 107 Å². The van der Waals surface area contributed by atoms with E-state index in [0.29, 0.717) is 17.5 Å². The molecule has 280 valence electrons. The first-order valence-corrected chi connectivity index (χ1v) is 20.2. The summed E-state index contributed by atoms with van der Waals surface area (Å²) in [6.07, 6.45) is 3.71. The molecule has 0 bridgehead atoms. The van der Waals surface area contributed by atoms with E-state index in [1.807, 2.05) is 36.5 Å². The molecule has 4 heteroatoms. The monoisotopic (exact) mass is 764 g/mol. The molecular formula is C56H36N4. The minimum atomic E-state index is 0.610. The molecule has 0 saturated carbocycles. The Morgan fingerprint density at radius 2 is 0.583 bits per heavy atom. The Balaban J connectivity index is 1.10. The van der Waals surface area contributed by atoms with Crippen molar-refractivity contribution in [3.05, 3.63) is 219 Å². The van der Waals surface area contributed by atoms with E-state index < -0.39 is 0 Å². The minimum Gasteiger partial charge on any atom is -0.264 e. The van der Waals surface area contributed by atoms with Gasteiger partial charge in [-0.1, -0.05) is 176 Å². The van der Waals surface area contributed by atoms with Gasteiger partial charge in [0.2, 0.25) is 0 Å². The molecule has 2 heterocycles. The third-order valence-electron chi connectivity index (χ3n) is 11.4. The number of aromatic nitrogens is 4. The molecule has 0 aliphatic rings. The van der Waals surface area contributed by atoms with Crippen LogP contribution in [0.3, 0.4) is 0 Å². The molecule has 4 nitrogen and oxygen atoms in total. The predicted octanol–water partition coefficient (Wildman–Crippen LogP) is 14.4. The minimum absolute atomic E-state index is 0.610. The Morgan fingerprint density at radius 1 is 0.217 bits per heavy atom. The summed E-state index contributed by atoms with van der Waals surface area (Å²) in [6, 6.07) is 72.9. The van der Waals surface area contributed by atoms with E-state index in [-0.39, 0.29) is 0 Å². The van der Waals surface area contributed by atoms with Gasteiger partial charge in [0.25, 0.3) is 0 Å². The first-order valence-electron chi connectivity index (χ1n) is 20.2. The van der Waals surface area contributed by atoms with Crippen LogP contribution in [-0.2, 0) is 0 Å². The Hall–Kier alpha value is -8.08. The SMILES string of the molecule is c1ccc(-c2ccc(-c3nc(-c4ccccc4)nc(-c4cc(-c5ccc(-c6cccnc6)cc5)cc(-c5ccc6c7ccccc7c7ccccc7c6c5)c4)n3)cc2)cc1. The quantitative estimate of drug-likeness (QED) is 0.152. The zero-order chi connectivity index (χ0) is 39.8. The first-order chi connectivity index (χ1) is 29.7. The van der Waals surface area contributed by atoms with Crippen LogP contribution in [0.25, 0.3) is 111 Å². The molecule has 0 unspecified atom stereocenters. The van der Waals surface area contributed by atoms with Crippen molar-refractivity contribution >= 4 is 32.3 Å². The zero-order valence-electron chi connectivity index (χ0n) is 32.6. The molecule has 11 aromatic rings. The summed E-state index contributed by atoms with van der Waals surface area (Å²) >= 11 is 0. The van der Waals surface area contributed by atoms with E-state index in [1.165, 1.54) is 32.3 Å². The summed E-state index contributed by atoms with van der Waals surface area (Å²) in [5.74, 6) is 1.85. The van der Waals surface area contributed by atoms with Gasteiger partial charge in [0, 0.05) is 29.1 Å². The van der Waals surface area contributed by atoms with Crippen LogP contribution in [0.1, 0.15) is 0 Å². The highest BCUT2D eigenvalue weighted by atomic mass is 15.0. The van der Waals surface area contributed by atoms with Crippen LogP contribution in [0.2, 0.25) is 0 Å². The zero-order valence-corrected chi connectivity index (χ0v) is 32.6. The third-order valence-corrected chi connectivity index (χ3v) is 11.4. The number of fused-ring (bicyclic) bond motifs is 6. The van der Waals surface area contributed by atoms with Gasteiger partial charge < -0.3 is 0 Å². The average Bonchev–Trinajstić information content (AvgIpc) is 3.34. The van der Waals surface area contributed by atoms with E-state index in [2.05, 4.69) is 181 Å². The molecule has 0 N–H and O–H groups in total. The number of nitrogens with zero attached hydrogens (tertiary/aromatic N) is 4. The normalized spacial score (nSPS) is 11.3. The number of pyridine rings is 1. The highest BCUT2D eigenvalue weighted by molar-refractivity contribution is 6.25. The van der Waals surface area contributed by atoms with E-state index in [9.17, 15) is 0 Å². The van der Waals surface area contributed by atoms with Crippen molar-refractivity contribution in [1.82, 2.24) is 19.9 Å². The van der Waals surface area contributed by atoms with Crippen molar-refractivity contribution in [2.75, 3.05) is 0 Å². The Kier molecular flexibility index (Phi) is 8.79. The molecule has 9 aromatic carbocycles. The smallest absolute Gasteiger partial charge is 0.164 e. The summed E-state index contributed by atoms with van der Waals surface area (Å²) in [6.45, 7) is 0. The molecule has 0 atom stereocenters. The molecule has 0 aliphatic heterocycles. The van der Waals surface area contributed by atoms with Crippen molar-refractivity contribution in [1.29, 1.82) is 0 Å². The number of hydrogen-bond donors (Lipinski definition) is 0. The molecule has 0 amide bonds. The maximum absolute atomic E-state index is 5.22. The van der Waals surface area contributed by atoms with Gasteiger partial charge in [-0.2, -0.15) is 0 Å². The summed E-state index contributed by atoms with van der Waals surface area (Å²) in [4.78, 5) is 19.8. The highest BCUT2D eigenvalue weighted by Crippen LogP contribution is 2.39. The Bertz CT molecular complexity index is 3290. The Morgan fingerprint density at radius 3 is 1.15 bits per heavy atom. The number of hydrogen-bond acceptors (Lipinski definition) is 4. The summed E-state index contributed by atoms with van der Waals surface area (Å²) in [5, 5.41) is 7.48. The summed E-state index contributed by atoms with van der Waals surface area (Å²) in [5.41, 5.74) is 11.6. The second kappa shape index (κ2) is 15.0. The average molecular weight is 765 g/mol. The van der Waals surface area contributed by atoms with Crippen molar-refractivity contribution in [3.8, 4) is 78.7 Å². The second-order valence-electron chi connectivity index (χ2n) is 15.1. The molecule has 0 aliphatic carbocycles. The highest BCUT2D eigenvalue weighted by Gasteiger charge is 2.17. The topological polar surface area (TPSA) is 51.6 Å². The predicted molar refractivity (Wildman–Crippen MR) is 248 cm³/mol. The van der Waals surface area contributed by atoms with Crippen LogP contribution in [0.5, 0.6) is 0 Å². The van der Waals surface area contributed by atoms with Gasteiger partial charge in [0.15, 0.2) is 17.5 Å². The standard InChI is InChI=1S/C56H36N4/c1-3-12-37(13-4-1)38-25-27-42(28-26-38)55-58-54(41-14-5-2-6-15-41)59-56(60-55)47-33-45(40-23-21-39(22-24-40)44-16-11-31-57-36-44)32-46(34-47)43-29-30-52-50-19-8-7-17-48(50)49-18-9-10-20-51(49)53(52)35-43/h1-36H. The second-order valence-corrected chi connectivity index (χ2v) is 15.1. The lowest BCUT2D eigenvalue weighted by Gasteiger charge is -2.15. The van der Waals surface area contributed by atoms with E-state index >= 15 is 0 Å². The van der Waals surface area contributed by atoms with Gasteiger partial charge in [-0.15, -0.1) is 0 Å². The lowest BCUT2D eigenvalue weighted by molar-refractivity contribution is 1.07. The van der Waals surface area contributed by atoms with E-state index in [0.717, 1.165) is 61.2 Å².